The molecule has 1 fully saturated rings. The molecule has 0 aromatic heterocycles. The number of ether oxygens (including phenoxy) is 1. The molecule has 0 atom stereocenters. The zero-order valence-corrected chi connectivity index (χ0v) is 10.3. The zero-order chi connectivity index (χ0) is 13.0. The Morgan fingerprint density at radius 2 is 1.94 bits per heavy atom. The van der Waals surface area contributed by atoms with Crippen LogP contribution in [0.5, 0.6) is 0 Å². The normalized spacial score (nSPS) is 15.7. The molecule has 0 bridgehead atoms. The maximum Gasteiger partial charge on any atom is 0.398 e. The summed E-state index contributed by atoms with van der Waals surface area (Å²) in [6.45, 7) is 1.97. The van der Waals surface area contributed by atoms with Gasteiger partial charge in [-0.05, 0) is 12.0 Å². The smallest absolute Gasteiger partial charge is 0.398 e. The molecule has 0 radical (unpaired) electrons. The first-order valence-electron chi connectivity index (χ1n) is 5.91. The molecule has 2 rings (SSSR count). The molecular weight excluding hydrogens is 232 g/mol. The van der Waals surface area contributed by atoms with Gasteiger partial charge in [0, 0.05) is 19.6 Å². The number of hydrogen-bond donors (Lipinski definition) is 0. The van der Waals surface area contributed by atoms with E-state index in [4.69, 9.17) is 0 Å². The predicted octanol–water partition coefficient (Wildman–Crippen LogP) is 0.809. The number of rotatable bonds is 2. The van der Waals surface area contributed by atoms with E-state index in [0.29, 0.717) is 13.1 Å². The van der Waals surface area contributed by atoms with Gasteiger partial charge in [-0.3, -0.25) is 9.80 Å². The fourth-order valence-electron chi connectivity index (χ4n) is 2.05. The first kappa shape index (κ1) is 12.6. The maximum absolute atomic E-state index is 11.8. The SMILES string of the molecule is COC(=O)C(=O)N1CCCN1Cc1ccccc1. The molecule has 18 heavy (non-hydrogen) atoms. The topological polar surface area (TPSA) is 49.9 Å². The van der Waals surface area contributed by atoms with E-state index < -0.39 is 11.9 Å². The summed E-state index contributed by atoms with van der Waals surface area (Å²) in [6.07, 6.45) is 0.871. The van der Waals surface area contributed by atoms with Crippen LogP contribution in [0.3, 0.4) is 0 Å². The maximum atomic E-state index is 11.8. The number of amides is 1. The van der Waals surface area contributed by atoms with Crippen LogP contribution in [0.4, 0.5) is 0 Å². The van der Waals surface area contributed by atoms with Gasteiger partial charge in [0.05, 0.1) is 7.11 Å². The lowest BCUT2D eigenvalue weighted by Gasteiger charge is -2.26. The Balaban J connectivity index is 2.04. The third-order valence-corrected chi connectivity index (χ3v) is 2.93. The van der Waals surface area contributed by atoms with Gasteiger partial charge in [-0.2, -0.15) is 0 Å². The Bertz CT molecular complexity index is 433. The molecule has 1 aliphatic heterocycles. The fraction of sp³-hybridized carbons (Fsp3) is 0.385. The summed E-state index contributed by atoms with van der Waals surface area (Å²) in [7, 11) is 1.22. The fourth-order valence-corrected chi connectivity index (χ4v) is 2.05. The van der Waals surface area contributed by atoms with Crippen molar-refractivity contribution in [2.75, 3.05) is 20.2 Å². The highest BCUT2D eigenvalue weighted by atomic mass is 16.5. The van der Waals surface area contributed by atoms with Gasteiger partial charge in [0.15, 0.2) is 0 Å². The van der Waals surface area contributed by atoms with Crippen LogP contribution in [0.1, 0.15) is 12.0 Å². The zero-order valence-electron chi connectivity index (χ0n) is 10.3. The molecule has 1 saturated heterocycles. The van der Waals surface area contributed by atoms with Crippen LogP contribution in [0.25, 0.3) is 0 Å². The minimum atomic E-state index is -0.810. The van der Waals surface area contributed by atoms with Crippen molar-refractivity contribution in [2.24, 2.45) is 0 Å². The Morgan fingerprint density at radius 1 is 1.22 bits per heavy atom. The molecule has 0 N–H and O–H groups in total. The Hall–Kier alpha value is -1.88. The summed E-state index contributed by atoms with van der Waals surface area (Å²) in [6, 6.07) is 9.86. The van der Waals surface area contributed by atoms with Crippen molar-refractivity contribution in [1.29, 1.82) is 0 Å². The Kier molecular flexibility index (Phi) is 3.94. The second kappa shape index (κ2) is 5.64. The van der Waals surface area contributed by atoms with Crippen LogP contribution in [0.15, 0.2) is 30.3 Å². The first-order valence-corrected chi connectivity index (χ1v) is 5.91. The van der Waals surface area contributed by atoms with E-state index in [-0.39, 0.29) is 0 Å². The Labute approximate surface area is 106 Å². The molecule has 0 unspecified atom stereocenters. The lowest BCUT2D eigenvalue weighted by molar-refractivity contribution is -0.165. The molecule has 96 valence electrons. The average Bonchev–Trinajstić information content (AvgIpc) is 2.86. The number of esters is 1. The summed E-state index contributed by atoms with van der Waals surface area (Å²) in [5.41, 5.74) is 1.11. The highest BCUT2D eigenvalue weighted by Crippen LogP contribution is 2.15. The number of carbonyl (C=O) groups excluding carboxylic acids is 2. The van der Waals surface area contributed by atoms with Gasteiger partial charge in [0.2, 0.25) is 0 Å². The predicted molar refractivity (Wildman–Crippen MR) is 65.2 cm³/mol. The number of nitrogens with zero attached hydrogens (tertiary/aromatic N) is 2. The summed E-state index contributed by atoms with van der Waals surface area (Å²) in [5, 5.41) is 3.35. The van der Waals surface area contributed by atoms with Gasteiger partial charge in [-0.15, -0.1) is 0 Å². The number of hydrazine groups is 1. The number of hydrogen-bond acceptors (Lipinski definition) is 4. The molecule has 5 nitrogen and oxygen atoms in total. The van der Waals surface area contributed by atoms with Crippen LogP contribution < -0.4 is 0 Å². The molecule has 1 aromatic rings. The lowest BCUT2D eigenvalue weighted by atomic mass is 10.2. The molecular formula is C13H16N2O3. The molecule has 1 amide bonds. The minimum Gasteiger partial charge on any atom is -0.462 e. The van der Waals surface area contributed by atoms with Crippen LogP contribution >= 0.6 is 0 Å². The summed E-state index contributed by atoms with van der Waals surface area (Å²) < 4.78 is 4.47. The highest BCUT2D eigenvalue weighted by Gasteiger charge is 2.31. The van der Waals surface area contributed by atoms with Crippen molar-refractivity contribution in [3.63, 3.8) is 0 Å². The van der Waals surface area contributed by atoms with Crippen molar-refractivity contribution >= 4 is 11.9 Å². The monoisotopic (exact) mass is 248 g/mol. The molecule has 0 aliphatic carbocycles. The van der Waals surface area contributed by atoms with Crippen LogP contribution in [-0.2, 0) is 20.9 Å². The first-order chi connectivity index (χ1) is 8.72. The minimum absolute atomic E-state index is 0.570. The van der Waals surface area contributed by atoms with Gasteiger partial charge in [-0.1, -0.05) is 30.3 Å². The van der Waals surface area contributed by atoms with Crippen LogP contribution in [-0.4, -0.2) is 42.1 Å². The quantitative estimate of drug-likeness (QED) is 0.574. The third kappa shape index (κ3) is 2.68. The largest absolute Gasteiger partial charge is 0.462 e. The molecule has 1 aliphatic rings. The molecule has 0 spiro atoms. The van der Waals surface area contributed by atoms with Gasteiger partial charge in [0.1, 0.15) is 0 Å². The van der Waals surface area contributed by atoms with Crippen molar-refractivity contribution < 1.29 is 14.3 Å². The van der Waals surface area contributed by atoms with Crippen LogP contribution in [0, 0.1) is 0 Å². The number of methoxy groups -OCH3 is 1. The van der Waals surface area contributed by atoms with E-state index in [1.165, 1.54) is 12.1 Å². The summed E-state index contributed by atoms with van der Waals surface area (Å²) in [4.78, 5) is 23.0. The van der Waals surface area contributed by atoms with Crippen LogP contribution in [0.2, 0.25) is 0 Å². The van der Waals surface area contributed by atoms with Gasteiger partial charge in [0.25, 0.3) is 0 Å². The van der Waals surface area contributed by atoms with Crippen molar-refractivity contribution in [2.45, 2.75) is 13.0 Å². The highest BCUT2D eigenvalue weighted by molar-refractivity contribution is 6.32. The van der Waals surface area contributed by atoms with Gasteiger partial charge in [-0.25, -0.2) is 9.80 Å². The summed E-state index contributed by atoms with van der Waals surface area (Å²) >= 11 is 0. The number of carbonyl (C=O) groups is 2. The average molecular weight is 248 g/mol. The van der Waals surface area contributed by atoms with Crippen molar-refractivity contribution in [3.05, 3.63) is 35.9 Å². The van der Waals surface area contributed by atoms with Gasteiger partial charge >= 0.3 is 11.9 Å². The van der Waals surface area contributed by atoms with Gasteiger partial charge < -0.3 is 4.74 Å². The number of benzene rings is 1. The molecule has 1 heterocycles. The van der Waals surface area contributed by atoms with E-state index in [9.17, 15) is 9.59 Å². The van der Waals surface area contributed by atoms with E-state index in [1.807, 2.05) is 35.3 Å². The third-order valence-electron chi connectivity index (χ3n) is 2.93. The standard InChI is InChI=1S/C13H16N2O3/c1-18-13(17)12(16)15-9-5-8-14(15)10-11-6-3-2-4-7-11/h2-4,6-7H,5,8-10H2,1H3. The van der Waals surface area contributed by atoms with Crippen molar-refractivity contribution in [1.82, 2.24) is 10.0 Å². The second-order valence-electron chi connectivity index (χ2n) is 4.15. The lowest BCUT2D eigenvalue weighted by Crippen LogP contribution is -2.44. The molecule has 5 heteroatoms. The van der Waals surface area contributed by atoms with E-state index in [2.05, 4.69) is 4.74 Å². The molecule has 0 saturated carbocycles. The second-order valence-corrected chi connectivity index (χ2v) is 4.15. The molecule has 1 aromatic carbocycles. The van der Waals surface area contributed by atoms with E-state index in [0.717, 1.165) is 18.5 Å². The van der Waals surface area contributed by atoms with E-state index in [1.54, 1.807) is 0 Å². The Morgan fingerprint density at radius 3 is 2.61 bits per heavy atom. The van der Waals surface area contributed by atoms with E-state index >= 15 is 0 Å². The van der Waals surface area contributed by atoms with Crippen molar-refractivity contribution in [3.8, 4) is 0 Å². The summed E-state index contributed by atoms with van der Waals surface area (Å²) in [5.74, 6) is -1.40.